The van der Waals surface area contributed by atoms with Crippen molar-refractivity contribution in [2.75, 3.05) is 13.2 Å². The van der Waals surface area contributed by atoms with E-state index in [1.54, 1.807) is 6.07 Å². The van der Waals surface area contributed by atoms with E-state index < -0.39 is 5.97 Å². The molecule has 0 aromatic heterocycles. The van der Waals surface area contributed by atoms with Crippen LogP contribution < -0.4 is 5.32 Å². The molecule has 25 heavy (non-hydrogen) atoms. The predicted molar refractivity (Wildman–Crippen MR) is 98.7 cm³/mol. The standard InChI is InChI=1S/C20H22ClNO3/c1-14-6-7-17(10-15(14)2)12-20(24)25-13-19(23)22-9-8-16-4-3-5-18(21)11-16/h3-7,10-11H,8-9,12-13H2,1-2H3,(H,22,23). The van der Waals surface area contributed by atoms with Gasteiger partial charge in [0.25, 0.3) is 5.91 Å². The third kappa shape index (κ3) is 6.59. The molecule has 2 aromatic carbocycles. The highest BCUT2D eigenvalue weighted by atomic mass is 35.5. The number of halogens is 1. The minimum absolute atomic E-state index is 0.164. The van der Waals surface area contributed by atoms with Crippen molar-refractivity contribution in [3.8, 4) is 0 Å². The van der Waals surface area contributed by atoms with Crippen molar-refractivity contribution < 1.29 is 14.3 Å². The smallest absolute Gasteiger partial charge is 0.310 e. The Morgan fingerprint density at radius 3 is 2.56 bits per heavy atom. The molecule has 0 fully saturated rings. The molecule has 0 atom stereocenters. The fourth-order valence-corrected chi connectivity index (χ4v) is 2.58. The highest BCUT2D eigenvalue weighted by molar-refractivity contribution is 6.30. The molecule has 0 bridgehead atoms. The van der Waals surface area contributed by atoms with Crippen molar-refractivity contribution in [3.05, 3.63) is 69.7 Å². The summed E-state index contributed by atoms with van der Waals surface area (Å²) < 4.78 is 5.03. The van der Waals surface area contributed by atoms with Crippen LogP contribution in [0.3, 0.4) is 0 Å². The number of aryl methyl sites for hydroxylation is 2. The second-order valence-corrected chi connectivity index (χ2v) is 6.42. The molecule has 2 aromatic rings. The lowest BCUT2D eigenvalue weighted by molar-refractivity contribution is -0.147. The molecule has 0 aliphatic heterocycles. The third-order valence-electron chi connectivity index (χ3n) is 3.91. The van der Waals surface area contributed by atoms with Gasteiger partial charge in [-0.1, -0.05) is 41.9 Å². The van der Waals surface area contributed by atoms with Crippen molar-refractivity contribution in [2.45, 2.75) is 26.7 Å². The van der Waals surface area contributed by atoms with Gasteiger partial charge in [0.05, 0.1) is 6.42 Å². The molecule has 132 valence electrons. The zero-order chi connectivity index (χ0) is 18.2. The number of hydrogen-bond donors (Lipinski definition) is 1. The first-order valence-electron chi connectivity index (χ1n) is 8.17. The lowest BCUT2D eigenvalue weighted by Crippen LogP contribution is -2.30. The monoisotopic (exact) mass is 359 g/mol. The number of hydrogen-bond acceptors (Lipinski definition) is 3. The summed E-state index contributed by atoms with van der Waals surface area (Å²) in [5.74, 6) is -0.719. The quantitative estimate of drug-likeness (QED) is 0.771. The Morgan fingerprint density at radius 1 is 1.04 bits per heavy atom. The maximum absolute atomic E-state index is 11.8. The molecule has 0 aliphatic carbocycles. The van der Waals surface area contributed by atoms with E-state index in [9.17, 15) is 9.59 Å². The Hall–Kier alpha value is -2.33. The van der Waals surface area contributed by atoms with Gasteiger partial charge in [0.2, 0.25) is 0 Å². The van der Waals surface area contributed by atoms with Crippen LogP contribution in [0.1, 0.15) is 22.3 Å². The molecule has 0 aliphatic rings. The van der Waals surface area contributed by atoms with E-state index in [0.717, 1.165) is 16.7 Å². The van der Waals surface area contributed by atoms with Gasteiger partial charge in [-0.2, -0.15) is 0 Å². The number of carbonyl (C=O) groups is 2. The second kappa shape index (κ2) is 9.23. The number of ether oxygens (including phenoxy) is 1. The first-order valence-corrected chi connectivity index (χ1v) is 8.55. The van der Waals surface area contributed by atoms with Gasteiger partial charge >= 0.3 is 5.97 Å². The number of nitrogens with one attached hydrogen (secondary N) is 1. The normalized spacial score (nSPS) is 10.4. The summed E-state index contributed by atoms with van der Waals surface area (Å²) in [5, 5.41) is 3.40. The fraction of sp³-hybridized carbons (Fsp3) is 0.300. The molecule has 0 saturated heterocycles. The first kappa shape index (κ1) is 19.0. The number of amides is 1. The highest BCUT2D eigenvalue weighted by Crippen LogP contribution is 2.11. The molecule has 2 rings (SSSR count). The van der Waals surface area contributed by atoms with Crippen molar-refractivity contribution >= 4 is 23.5 Å². The van der Waals surface area contributed by atoms with Crippen molar-refractivity contribution in [2.24, 2.45) is 0 Å². The minimum Gasteiger partial charge on any atom is -0.455 e. The van der Waals surface area contributed by atoms with Crippen molar-refractivity contribution in [1.82, 2.24) is 5.32 Å². The summed E-state index contributed by atoms with van der Waals surface area (Å²) in [7, 11) is 0. The summed E-state index contributed by atoms with van der Waals surface area (Å²) >= 11 is 5.91. The van der Waals surface area contributed by atoms with Crippen LogP contribution in [0.4, 0.5) is 0 Å². The van der Waals surface area contributed by atoms with Gasteiger partial charge in [-0.3, -0.25) is 9.59 Å². The lowest BCUT2D eigenvalue weighted by Gasteiger charge is -2.08. The topological polar surface area (TPSA) is 55.4 Å². The molecular formula is C20H22ClNO3. The van der Waals surface area contributed by atoms with Gasteiger partial charge in [-0.25, -0.2) is 0 Å². The Bertz CT molecular complexity index is 758. The molecule has 0 saturated carbocycles. The third-order valence-corrected chi connectivity index (χ3v) is 4.14. The SMILES string of the molecule is Cc1ccc(CC(=O)OCC(=O)NCCc2cccc(Cl)c2)cc1C. The molecule has 4 nitrogen and oxygen atoms in total. The van der Waals surface area contributed by atoms with E-state index in [2.05, 4.69) is 5.32 Å². The summed E-state index contributed by atoms with van der Waals surface area (Å²) in [4.78, 5) is 23.6. The molecule has 0 radical (unpaired) electrons. The predicted octanol–water partition coefficient (Wildman–Crippen LogP) is 3.40. The Morgan fingerprint density at radius 2 is 1.84 bits per heavy atom. The van der Waals surface area contributed by atoms with Crippen LogP contribution in [-0.2, 0) is 27.2 Å². The van der Waals surface area contributed by atoms with Crippen LogP contribution in [0.5, 0.6) is 0 Å². The number of rotatable bonds is 7. The lowest BCUT2D eigenvalue weighted by atomic mass is 10.0. The van der Waals surface area contributed by atoms with Crippen LogP contribution in [0.25, 0.3) is 0 Å². The molecule has 0 unspecified atom stereocenters. The van der Waals surface area contributed by atoms with E-state index in [1.807, 2.05) is 50.2 Å². The number of benzene rings is 2. The fourth-order valence-electron chi connectivity index (χ4n) is 2.37. The zero-order valence-electron chi connectivity index (χ0n) is 14.5. The summed E-state index contributed by atoms with van der Waals surface area (Å²) in [5.41, 5.74) is 4.23. The van der Waals surface area contributed by atoms with Gasteiger partial charge in [0, 0.05) is 11.6 Å². The van der Waals surface area contributed by atoms with Crippen LogP contribution in [0.15, 0.2) is 42.5 Å². The maximum Gasteiger partial charge on any atom is 0.310 e. The molecular weight excluding hydrogens is 338 g/mol. The molecule has 1 amide bonds. The van der Waals surface area contributed by atoms with E-state index in [1.165, 1.54) is 5.56 Å². The Kier molecular flexibility index (Phi) is 7.02. The van der Waals surface area contributed by atoms with E-state index >= 15 is 0 Å². The van der Waals surface area contributed by atoms with Crippen LogP contribution in [0.2, 0.25) is 5.02 Å². The summed E-state index contributed by atoms with van der Waals surface area (Å²) in [6.07, 6.45) is 0.833. The average Bonchev–Trinajstić information content (AvgIpc) is 2.56. The van der Waals surface area contributed by atoms with Gasteiger partial charge in [-0.15, -0.1) is 0 Å². The van der Waals surface area contributed by atoms with Crippen molar-refractivity contribution in [1.29, 1.82) is 0 Å². The molecule has 0 spiro atoms. The van der Waals surface area contributed by atoms with E-state index in [4.69, 9.17) is 16.3 Å². The maximum atomic E-state index is 11.8. The van der Waals surface area contributed by atoms with Crippen LogP contribution in [-0.4, -0.2) is 25.0 Å². The largest absolute Gasteiger partial charge is 0.455 e. The highest BCUT2D eigenvalue weighted by Gasteiger charge is 2.09. The molecule has 1 N–H and O–H groups in total. The second-order valence-electron chi connectivity index (χ2n) is 5.99. The average molecular weight is 360 g/mol. The molecule has 0 heterocycles. The van der Waals surface area contributed by atoms with E-state index in [-0.39, 0.29) is 18.9 Å². The summed E-state index contributed by atoms with van der Waals surface area (Å²) in [6.45, 7) is 4.22. The summed E-state index contributed by atoms with van der Waals surface area (Å²) in [6, 6.07) is 13.3. The minimum atomic E-state index is -0.409. The number of esters is 1. The van der Waals surface area contributed by atoms with Gasteiger partial charge < -0.3 is 10.1 Å². The zero-order valence-corrected chi connectivity index (χ0v) is 15.2. The van der Waals surface area contributed by atoms with Gasteiger partial charge in [-0.05, 0) is 54.7 Å². The Labute approximate surface area is 153 Å². The van der Waals surface area contributed by atoms with Gasteiger partial charge in [0.1, 0.15) is 0 Å². The Balaban J connectivity index is 1.68. The van der Waals surface area contributed by atoms with Crippen LogP contribution in [0, 0.1) is 13.8 Å². The van der Waals surface area contributed by atoms with Gasteiger partial charge in [0.15, 0.2) is 6.61 Å². The number of carbonyl (C=O) groups excluding carboxylic acids is 2. The van der Waals surface area contributed by atoms with Crippen molar-refractivity contribution in [3.63, 3.8) is 0 Å². The van der Waals surface area contributed by atoms with E-state index in [0.29, 0.717) is 18.0 Å². The first-order chi connectivity index (χ1) is 11.9. The molecule has 5 heteroatoms. The van der Waals surface area contributed by atoms with Crippen LogP contribution >= 0.6 is 11.6 Å².